The van der Waals surface area contributed by atoms with Crippen molar-refractivity contribution in [2.75, 3.05) is 7.11 Å². The largest absolute Gasteiger partial charge is 0.504 e. The van der Waals surface area contributed by atoms with E-state index in [1.165, 1.54) is 5.57 Å². The van der Waals surface area contributed by atoms with Gasteiger partial charge in [0.1, 0.15) is 22.7 Å². The summed E-state index contributed by atoms with van der Waals surface area (Å²) in [6.07, 6.45) is 6.28. The number of esters is 1. The predicted octanol–water partition coefficient (Wildman–Crippen LogP) is 6.17. The minimum atomic E-state index is -0.569. The van der Waals surface area contributed by atoms with E-state index in [1.54, 1.807) is 19.3 Å². The van der Waals surface area contributed by atoms with E-state index in [1.807, 2.05) is 44.2 Å². The zero-order chi connectivity index (χ0) is 23.8. The van der Waals surface area contributed by atoms with Gasteiger partial charge in [0.25, 0.3) is 0 Å². The Labute approximate surface area is 195 Å². The van der Waals surface area contributed by atoms with Crippen LogP contribution < -0.4 is 9.47 Å². The first kappa shape index (κ1) is 22.7. The Morgan fingerprint density at radius 2 is 1.97 bits per heavy atom. The van der Waals surface area contributed by atoms with Crippen LogP contribution in [0.1, 0.15) is 56.4 Å². The van der Waals surface area contributed by atoms with E-state index < -0.39 is 5.97 Å². The fraction of sp³-hybridized carbons (Fsp3) is 0.321. The molecule has 2 aromatic rings. The van der Waals surface area contributed by atoms with E-state index in [-0.39, 0.29) is 22.7 Å². The van der Waals surface area contributed by atoms with Gasteiger partial charge in [-0.1, -0.05) is 23.8 Å². The number of aryl methyl sites for hydroxylation is 1. The van der Waals surface area contributed by atoms with Gasteiger partial charge in [-0.3, -0.25) is 0 Å². The number of carbonyl (C=O) groups excluding carboxylic acids is 1. The maximum absolute atomic E-state index is 12.7. The van der Waals surface area contributed by atoms with Gasteiger partial charge >= 0.3 is 5.97 Å². The van der Waals surface area contributed by atoms with Crippen molar-refractivity contribution in [3.63, 3.8) is 0 Å². The van der Waals surface area contributed by atoms with Crippen molar-refractivity contribution in [3.05, 3.63) is 81.8 Å². The Morgan fingerprint density at radius 1 is 1.18 bits per heavy atom. The molecule has 2 aliphatic rings. The molecule has 1 N–H and O–H groups in total. The maximum Gasteiger partial charge on any atom is 0.348 e. The second-order valence-corrected chi connectivity index (χ2v) is 9.36. The normalized spacial score (nSPS) is 18.0. The zero-order valence-corrected chi connectivity index (χ0v) is 19.8. The lowest BCUT2D eigenvalue weighted by atomic mass is 9.93. The SMILES string of the molecule is COc1ccc(C2=C(O)/C(=C/c3ccc4c(c3)CCC(C)(C)O4)OC2=O)cc1CC=C(C)C. The van der Waals surface area contributed by atoms with E-state index in [4.69, 9.17) is 14.2 Å². The van der Waals surface area contributed by atoms with Crippen molar-refractivity contribution in [1.82, 2.24) is 0 Å². The Kier molecular flexibility index (Phi) is 6.07. The molecule has 2 aliphatic heterocycles. The highest BCUT2D eigenvalue weighted by atomic mass is 16.6. The molecule has 2 aromatic carbocycles. The molecule has 0 saturated carbocycles. The highest BCUT2D eigenvalue weighted by molar-refractivity contribution is 6.21. The third kappa shape index (κ3) is 4.82. The zero-order valence-electron chi connectivity index (χ0n) is 19.8. The molecule has 0 saturated heterocycles. The molecule has 0 aromatic heterocycles. The van der Waals surface area contributed by atoms with Gasteiger partial charge in [0.2, 0.25) is 0 Å². The topological polar surface area (TPSA) is 65.0 Å². The second-order valence-electron chi connectivity index (χ2n) is 9.36. The third-order valence-corrected chi connectivity index (χ3v) is 5.94. The molecule has 0 unspecified atom stereocenters. The molecule has 0 amide bonds. The number of allylic oxidation sites excluding steroid dienone is 2. The number of ether oxygens (including phenoxy) is 3. The van der Waals surface area contributed by atoms with Crippen molar-refractivity contribution in [1.29, 1.82) is 0 Å². The minimum Gasteiger partial charge on any atom is -0.504 e. The van der Waals surface area contributed by atoms with Crippen molar-refractivity contribution >= 4 is 17.6 Å². The fourth-order valence-electron chi connectivity index (χ4n) is 4.10. The lowest BCUT2D eigenvalue weighted by Gasteiger charge is -2.32. The standard InChI is InChI=1S/C28H30O5/c1-17(2)6-8-19-16-21(9-11-22(19)31-5)25-26(29)24(32-27(25)30)15-18-7-10-23-20(14-18)12-13-28(3,4)33-23/h6-7,9-11,14-16,29H,8,12-13H2,1-5H3/b24-15-. The van der Waals surface area contributed by atoms with Gasteiger partial charge < -0.3 is 19.3 Å². The summed E-state index contributed by atoms with van der Waals surface area (Å²) in [5.74, 6) is 1.03. The highest BCUT2D eigenvalue weighted by Crippen LogP contribution is 2.37. The van der Waals surface area contributed by atoms with Crippen LogP contribution in [-0.4, -0.2) is 23.8 Å². The molecule has 5 heteroatoms. The summed E-state index contributed by atoms with van der Waals surface area (Å²) in [4.78, 5) is 12.7. The fourth-order valence-corrected chi connectivity index (χ4v) is 4.10. The number of rotatable bonds is 5. The average molecular weight is 447 g/mol. The molecule has 0 spiro atoms. The number of carbonyl (C=O) groups is 1. The Bertz CT molecular complexity index is 1190. The maximum atomic E-state index is 12.7. The monoisotopic (exact) mass is 446 g/mol. The predicted molar refractivity (Wildman–Crippen MR) is 129 cm³/mol. The smallest absolute Gasteiger partial charge is 0.348 e. The van der Waals surface area contributed by atoms with Crippen LogP contribution in [0.3, 0.4) is 0 Å². The third-order valence-electron chi connectivity index (χ3n) is 5.94. The van der Waals surface area contributed by atoms with E-state index in [2.05, 4.69) is 19.9 Å². The van der Waals surface area contributed by atoms with Crippen LogP contribution >= 0.6 is 0 Å². The molecular formula is C28H30O5. The summed E-state index contributed by atoms with van der Waals surface area (Å²) in [5, 5.41) is 10.9. The first-order valence-corrected chi connectivity index (χ1v) is 11.2. The number of methoxy groups -OCH3 is 1. The lowest BCUT2D eigenvalue weighted by Crippen LogP contribution is -2.32. The van der Waals surface area contributed by atoms with E-state index >= 15 is 0 Å². The van der Waals surface area contributed by atoms with Gasteiger partial charge in [0.05, 0.1) is 7.11 Å². The first-order valence-electron chi connectivity index (χ1n) is 11.2. The van der Waals surface area contributed by atoms with E-state index in [9.17, 15) is 9.90 Å². The molecule has 33 heavy (non-hydrogen) atoms. The van der Waals surface area contributed by atoms with Crippen molar-refractivity contribution in [2.24, 2.45) is 0 Å². The van der Waals surface area contributed by atoms with E-state index in [0.717, 1.165) is 41.0 Å². The average Bonchev–Trinajstić information content (AvgIpc) is 3.04. The first-order chi connectivity index (χ1) is 15.7. The Hall–Kier alpha value is -3.47. The summed E-state index contributed by atoms with van der Waals surface area (Å²) in [6, 6.07) is 11.3. The van der Waals surface area contributed by atoms with Crippen LogP contribution in [0.5, 0.6) is 11.5 Å². The number of cyclic esters (lactones) is 1. The van der Waals surface area contributed by atoms with Gasteiger partial charge in [-0.2, -0.15) is 0 Å². The molecular weight excluding hydrogens is 416 g/mol. The van der Waals surface area contributed by atoms with Crippen LogP contribution in [0.2, 0.25) is 0 Å². The van der Waals surface area contributed by atoms with Crippen LogP contribution in [0.15, 0.2) is 59.6 Å². The molecule has 0 aliphatic carbocycles. The number of hydrogen-bond donors (Lipinski definition) is 1. The number of hydrogen-bond acceptors (Lipinski definition) is 5. The summed E-state index contributed by atoms with van der Waals surface area (Å²) in [5.41, 5.74) is 4.65. The molecule has 0 fully saturated rings. The van der Waals surface area contributed by atoms with Crippen LogP contribution in [0, 0.1) is 0 Å². The van der Waals surface area contributed by atoms with Gasteiger partial charge in [-0.05, 0) is 99.6 Å². The van der Waals surface area contributed by atoms with Gasteiger partial charge in [-0.25, -0.2) is 4.79 Å². The summed E-state index contributed by atoms with van der Waals surface area (Å²) in [7, 11) is 1.62. The summed E-state index contributed by atoms with van der Waals surface area (Å²) < 4.78 is 16.9. The van der Waals surface area contributed by atoms with Gasteiger partial charge in [0, 0.05) is 0 Å². The number of aliphatic hydroxyl groups excluding tert-OH is 1. The van der Waals surface area contributed by atoms with Crippen molar-refractivity contribution < 1.29 is 24.1 Å². The molecule has 0 radical (unpaired) electrons. The number of fused-ring (bicyclic) bond motifs is 1. The lowest BCUT2D eigenvalue weighted by molar-refractivity contribution is -0.131. The van der Waals surface area contributed by atoms with Crippen molar-refractivity contribution in [2.45, 2.75) is 52.6 Å². The number of benzene rings is 2. The van der Waals surface area contributed by atoms with Crippen LogP contribution in [0.4, 0.5) is 0 Å². The van der Waals surface area contributed by atoms with Gasteiger partial charge in [0.15, 0.2) is 11.5 Å². The molecule has 5 nitrogen and oxygen atoms in total. The quantitative estimate of drug-likeness (QED) is 0.439. The molecule has 0 atom stereocenters. The van der Waals surface area contributed by atoms with E-state index in [0.29, 0.717) is 12.0 Å². The summed E-state index contributed by atoms with van der Waals surface area (Å²) in [6.45, 7) is 8.23. The van der Waals surface area contributed by atoms with Crippen LogP contribution in [-0.2, 0) is 22.4 Å². The second kappa shape index (κ2) is 8.81. The Balaban J connectivity index is 1.67. The molecule has 2 heterocycles. The molecule has 4 rings (SSSR count). The molecule has 172 valence electrons. The van der Waals surface area contributed by atoms with Crippen LogP contribution in [0.25, 0.3) is 11.6 Å². The Morgan fingerprint density at radius 3 is 2.70 bits per heavy atom. The van der Waals surface area contributed by atoms with Crippen molar-refractivity contribution in [3.8, 4) is 11.5 Å². The van der Waals surface area contributed by atoms with Gasteiger partial charge in [-0.15, -0.1) is 0 Å². The molecule has 0 bridgehead atoms. The highest BCUT2D eigenvalue weighted by Gasteiger charge is 2.32. The number of aliphatic hydroxyl groups is 1. The minimum absolute atomic E-state index is 0.147. The summed E-state index contributed by atoms with van der Waals surface area (Å²) >= 11 is 0.